The molecule has 1 N–H and O–H groups in total. The van der Waals surface area contributed by atoms with E-state index < -0.39 is 17.7 Å². The average Bonchev–Trinajstić information content (AvgIpc) is 3.47. The fourth-order valence-corrected chi connectivity index (χ4v) is 4.75. The number of thiazole rings is 1. The zero-order valence-corrected chi connectivity index (χ0v) is 16.9. The van der Waals surface area contributed by atoms with Crippen molar-refractivity contribution < 1.29 is 19.1 Å². The molecule has 1 amide bonds. The molecule has 1 fully saturated rings. The number of ketones is 1. The molecule has 0 saturated carbocycles. The summed E-state index contributed by atoms with van der Waals surface area (Å²) in [7, 11) is 0. The zero-order chi connectivity index (χ0) is 20.8. The van der Waals surface area contributed by atoms with Gasteiger partial charge in [0.05, 0.1) is 22.1 Å². The number of aromatic nitrogens is 1. The van der Waals surface area contributed by atoms with Crippen LogP contribution in [0.5, 0.6) is 0 Å². The van der Waals surface area contributed by atoms with Gasteiger partial charge in [0, 0.05) is 10.6 Å². The Hall–Kier alpha value is -3.42. The number of hydrogen-bond donors (Lipinski definition) is 1. The summed E-state index contributed by atoms with van der Waals surface area (Å²) in [5, 5.41) is 11.8. The Morgan fingerprint density at radius 2 is 1.90 bits per heavy atom. The molecule has 1 unspecified atom stereocenters. The van der Waals surface area contributed by atoms with Crippen molar-refractivity contribution >= 4 is 55.7 Å². The number of carbonyl (C=O) groups is 2. The van der Waals surface area contributed by atoms with E-state index in [0.29, 0.717) is 27.0 Å². The molecule has 30 heavy (non-hydrogen) atoms. The molecule has 1 atom stereocenters. The van der Waals surface area contributed by atoms with E-state index in [1.165, 1.54) is 22.5 Å². The summed E-state index contributed by atoms with van der Waals surface area (Å²) in [6.07, 6.45) is 1.45. The number of aliphatic hydroxyl groups excluding tert-OH is 1. The first-order chi connectivity index (χ1) is 14.5. The highest BCUT2D eigenvalue weighted by atomic mass is 35.5. The topological polar surface area (TPSA) is 83.6 Å². The number of anilines is 1. The second-order valence-corrected chi connectivity index (χ2v) is 8.10. The van der Waals surface area contributed by atoms with E-state index in [1.54, 1.807) is 60.7 Å². The third-order valence-corrected chi connectivity index (χ3v) is 6.10. The number of fused-ring (bicyclic) bond motifs is 1. The van der Waals surface area contributed by atoms with Crippen LogP contribution < -0.4 is 4.90 Å². The maximum Gasteiger partial charge on any atom is 0.302 e. The first kappa shape index (κ1) is 18.6. The molecule has 0 spiro atoms. The molecular formula is C22H13ClN2O4S. The third-order valence-electron chi connectivity index (χ3n) is 4.85. The molecule has 4 aromatic rings. The molecule has 8 heteroatoms. The van der Waals surface area contributed by atoms with Crippen molar-refractivity contribution in [1.82, 2.24) is 4.98 Å². The number of aliphatic hydroxyl groups is 1. The number of hydrogen-bond acceptors (Lipinski definition) is 6. The minimum absolute atomic E-state index is 0.0431. The van der Waals surface area contributed by atoms with E-state index >= 15 is 0 Å². The van der Waals surface area contributed by atoms with Gasteiger partial charge in [-0.1, -0.05) is 53.3 Å². The molecule has 0 aliphatic carbocycles. The van der Waals surface area contributed by atoms with E-state index in [9.17, 15) is 14.7 Å². The summed E-state index contributed by atoms with van der Waals surface area (Å²) < 4.78 is 6.32. The van der Waals surface area contributed by atoms with Crippen LogP contribution >= 0.6 is 22.9 Å². The Morgan fingerprint density at radius 3 is 2.63 bits per heavy atom. The van der Waals surface area contributed by atoms with Crippen LogP contribution in [-0.4, -0.2) is 21.8 Å². The van der Waals surface area contributed by atoms with Crippen LogP contribution in [0.1, 0.15) is 17.4 Å². The van der Waals surface area contributed by atoms with Gasteiger partial charge in [-0.15, -0.1) is 0 Å². The summed E-state index contributed by atoms with van der Waals surface area (Å²) in [5.74, 6) is -1.49. The van der Waals surface area contributed by atoms with Gasteiger partial charge in [0.15, 0.2) is 5.13 Å². The molecule has 1 aliphatic rings. The van der Waals surface area contributed by atoms with Crippen molar-refractivity contribution in [3.05, 3.63) is 88.8 Å². The Morgan fingerprint density at radius 1 is 1.10 bits per heavy atom. The Bertz CT molecular complexity index is 1310. The lowest BCUT2D eigenvalue weighted by Gasteiger charge is -2.20. The standard InChI is InChI=1S/C22H13ClN2O4S/c23-13-8-9-14-16(11-13)30-22(24-14)25-18(15-7-4-10-29-15)17(20(27)21(25)28)19(26)12-5-2-1-3-6-12/h1-11,18,26H/b19-17+. The van der Waals surface area contributed by atoms with Crippen molar-refractivity contribution in [2.75, 3.05) is 4.90 Å². The van der Waals surface area contributed by atoms with E-state index in [2.05, 4.69) is 4.98 Å². The van der Waals surface area contributed by atoms with E-state index in [-0.39, 0.29) is 11.3 Å². The van der Waals surface area contributed by atoms with Gasteiger partial charge in [-0.05, 0) is 30.3 Å². The van der Waals surface area contributed by atoms with Gasteiger partial charge in [0.25, 0.3) is 5.78 Å². The first-order valence-electron chi connectivity index (χ1n) is 9.00. The predicted molar refractivity (Wildman–Crippen MR) is 115 cm³/mol. The number of rotatable bonds is 3. The van der Waals surface area contributed by atoms with Gasteiger partial charge >= 0.3 is 5.91 Å². The smallest absolute Gasteiger partial charge is 0.302 e. The van der Waals surface area contributed by atoms with Crippen molar-refractivity contribution in [1.29, 1.82) is 0 Å². The van der Waals surface area contributed by atoms with Gasteiger partial charge in [0.1, 0.15) is 17.6 Å². The molecule has 6 nitrogen and oxygen atoms in total. The average molecular weight is 437 g/mol. The van der Waals surface area contributed by atoms with E-state index in [4.69, 9.17) is 16.0 Å². The summed E-state index contributed by atoms with van der Waals surface area (Å²) in [6.45, 7) is 0. The van der Waals surface area contributed by atoms with Crippen molar-refractivity contribution in [2.24, 2.45) is 0 Å². The van der Waals surface area contributed by atoms with Crippen molar-refractivity contribution in [3.8, 4) is 0 Å². The molecule has 0 radical (unpaired) electrons. The van der Waals surface area contributed by atoms with E-state index in [0.717, 1.165) is 4.70 Å². The summed E-state index contributed by atoms with van der Waals surface area (Å²) in [5.41, 5.74) is 1.05. The summed E-state index contributed by atoms with van der Waals surface area (Å²) in [4.78, 5) is 31.8. The second-order valence-electron chi connectivity index (χ2n) is 6.66. The Kier molecular flexibility index (Phi) is 4.42. The van der Waals surface area contributed by atoms with Crippen LogP contribution in [0.3, 0.4) is 0 Å². The molecule has 1 saturated heterocycles. The summed E-state index contributed by atoms with van der Waals surface area (Å²) >= 11 is 7.31. The van der Waals surface area contributed by atoms with Crippen molar-refractivity contribution in [2.45, 2.75) is 6.04 Å². The molecule has 148 valence electrons. The van der Waals surface area contributed by atoms with Gasteiger partial charge in [-0.2, -0.15) is 0 Å². The van der Waals surface area contributed by atoms with Crippen LogP contribution in [0.2, 0.25) is 5.02 Å². The van der Waals surface area contributed by atoms with Gasteiger partial charge < -0.3 is 9.52 Å². The lowest BCUT2D eigenvalue weighted by atomic mass is 9.99. The minimum Gasteiger partial charge on any atom is -0.507 e. The molecule has 3 heterocycles. The maximum absolute atomic E-state index is 13.0. The number of amides is 1. The second kappa shape index (κ2) is 7.12. The molecule has 5 rings (SSSR count). The molecular weight excluding hydrogens is 424 g/mol. The minimum atomic E-state index is -0.934. The van der Waals surface area contributed by atoms with Crippen LogP contribution in [0.4, 0.5) is 5.13 Å². The Labute approximate surface area is 179 Å². The number of nitrogens with zero attached hydrogens (tertiary/aromatic N) is 2. The van der Waals surface area contributed by atoms with Crippen LogP contribution in [0.25, 0.3) is 16.0 Å². The third kappa shape index (κ3) is 2.91. The lowest BCUT2D eigenvalue weighted by molar-refractivity contribution is -0.132. The van der Waals surface area contributed by atoms with Crippen LogP contribution in [0, 0.1) is 0 Å². The lowest BCUT2D eigenvalue weighted by Crippen LogP contribution is -2.29. The highest BCUT2D eigenvalue weighted by Crippen LogP contribution is 2.44. The van der Waals surface area contributed by atoms with Gasteiger partial charge in [0.2, 0.25) is 0 Å². The molecule has 0 bridgehead atoms. The fraction of sp³-hybridized carbons (Fsp3) is 0.0455. The van der Waals surface area contributed by atoms with Gasteiger partial charge in [-0.25, -0.2) is 4.98 Å². The normalized spacial score (nSPS) is 18.4. The number of Topliss-reactive ketones (excluding diaryl/α,β-unsaturated/α-hetero) is 1. The van der Waals surface area contributed by atoms with Gasteiger partial charge in [-0.3, -0.25) is 14.5 Å². The van der Waals surface area contributed by atoms with E-state index in [1.807, 2.05) is 0 Å². The van der Waals surface area contributed by atoms with Crippen molar-refractivity contribution in [3.63, 3.8) is 0 Å². The van der Waals surface area contributed by atoms with Crippen LogP contribution in [-0.2, 0) is 9.59 Å². The quantitative estimate of drug-likeness (QED) is 0.272. The maximum atomic E-state index is 13.0. The molecule has 2 aromatic heterocycles. The first-order valence-corrected chi connectivity index (χ1v) is 10.2. The highest BCUT2D eigenvalue weighted by Gasteiger charge is 2.49. The number of benzene rings is 2. The largest absolute Gasteiger partial charge is 0.507 e. The SMILES string of the molecule is O=C1C(=O)N(c2nc3ccc(Cl)cc3s2)C(c2ccco2)/C1=C(\O)c1ccccc1. The number of carbonyl (C=O) groups excluding carboxylic acids is 2. The monoisotopic (exact) mass is 436 g/mol. The summed E-state index contributed by atoms with van der Waals surface area (Å²) in [6, 6.07) is 16.2. The zero-order valence-electron chi connectivity index (χ0n) is 15.3. The molecule has 1 aliphatic heterocycles. The fourth-order valence-electron chi connectivity index (χ4n) is 3.49. The Balaban J connectivity index is 1.72. The predicted octanol–water partition coefficient (Wildman–Crippen LogP) is 5.17. The van der Waals surface area contributed by atoms with Crippen LogP contribution in [0.15, 0.2) is 76.9 Å². The number of halogens is 1. The highest BCUT2D eigenvalue weighted by molar-refractivity contribution is 7.22. The number of furan rings is 1. The molecule has 2 aromatic carbocycles.